The van der Waals surface area contributed by atoms with Crippen molar-refractivity contribution in [3.05, 3.63) is 35.6 Å². The quantitative estimate of drug-likeness (QED) is 0.739. The minimum atomic E-state index is -0.461. The summed E-state index contributed by atoms with van der Waals surface area (Å²) in [7, 11) is 0. The van der Waals surface area contributed by atoms with Gasteiger partial charge in [0.1, 0.15) is 5.82 Å². The standard InChI is InChI=1S/C17H24FN3O2S/c18-15-7-2-1-5-14(15)12-24-10-4-8-20-16(22)13-6-3-9-21(11-13)17(19)23/h1-2,5,7,13H,3-4,6,8-12H2,(H2,19,23)(H,20,22). The van der Waals surface area contributed by atoms with Crippen molar-refractivity contribution in [1.29, 1.82) is 0 Å². The minimum absolute atomic E-state index is 0.0138. The van der Waals surface area contributed by atoms with Crippen molar-refractivity contribution in [2.24, 2.45) is 11.7 Å². The van der Waals surface area contributed by atoms with Crippen LogP contribution in [0.2, 0.25) is 0 Å². The number of amides is 3. The van der Waals surface area contributed by atoms with Gasteiger partial charge < -0.3 is 16.0 Å². The fourth-order valence-electron chi connectivity index (χ4n) is 2.72. The van der Waals surface area contributed by atoms with E-state index in [1.807, 2.05) is 6.07 Å². The van der Waals surface area contributed by atoms with E-state index in [1.54, 1.807) is 23.9 Å². The third-order valence-electron chi connectivity index (χ3n) is 4.08. The predicted octanol–water partition coefficient (Wildman–Crippen LogP) is 2.36. The van der Waals surface area contributed by atoms with Gasteiger partial charge in [0.2, 0.25) is 5.91 Å². The van der Waals surface area contributed by atoms with Crippen LogP contribution in [-0.4, -0.2) is 42.2 Å². The molecule has 1 aromatic carbocycles. The molecule has 1 saturated heterocycles. The highest BCUT2D eigenvalue weighted by atomic mass is 32.2. The van der Waals surface area contributed by atoms with E-state index in [0.717, 1.165) is 25.0 Å². The van der Waals surface area contributed by atoms with Gasteiger partial charge in [-0.05, 0) is 36.6 Å². The number of likely N-dealkylation sites (tertiary alicyclic amines) is 1. The third-order valence-corrected chi connectivity index (χ3v) is 5.18. The van der Waals surface area contributed by atoms with Crippen LogP contribution in [0.3, 0.4) is 0 Å². The number of nitrogens with one attached hydrogen (secondary N) is 1. The Kier molecular flexibility index (Phi) is 7.36. The molecular weight excluding hydrogens is 329 g/mol. The molecule has 1 heterocycles. The van der Waals surface area contributed by atoms with E-state index in [9.17, 15) is 14.0 Å². The average molecular weight is 353 g/mol. The lowest BCUT2D eigenvalue weighted by atomic mass is 9.97. The Balaban J connectivity index is 1.59. The van der Waals surface area contributed by atoms with E-state index in [0.29, 0.717) is 31.0 Å². The maximum absolute atomic E-state index is 13.5. The number of primary amides is 1. The number of thioether (sulfide) groups is 1. The molecule has 1 atom stereocenters. The van der Waals surface area contributed by atoms with Crippen molar-refractivity contribution in [2.75, 3.05) is 25.4 Å². The van der Waals surface area contributed by atoms with E-state index < -0.39 is 6.03 Å². The normalized spacial score (nSPS) is 17.5. The average Bonchev–Trinajstić information content (AvgIpc) is 2.59. The van der Waals surface area contributed by atoms with Crippen LogP contribution in [0.1, 0.15) is 24.8 Å². The van der Waals surface area contributed by atoms with Crippen LogP contribution in [0.4, 0.5) is 9.18 Å². The van der Waals surface area contributed by atoms with Crippen molar-refractivity contribution < 1.29 is 14.0 Å². The van der Waals surface area contributed by atoms with Gasteiger partial charge in [-0.15, -0.1) is 0 Å². The third kappa shape index (κ3) is 5.70. The number of carbonyl (C=O) groups excluding carboxylic acids is 2. The first-order chi connectivity index (χ1) is 11.6. The monoisotopic (exact) mass is 353 g/mol. The molecule has 1 aliphatic heterocycles. The molecule has 1 aromatic rings. The molecule has 7 heteroatoms. The number of halogens is 1. The van der Waals surface area contributed by atoms with E-state index >= 15 is 0 Å². The van der Waals surface area contributed by atoms with Crippen molar-refractivity contribution in [3.63, 3.8) is 0 Å². The Morgan fingerprint density at radius 2 is 2.17 bits per heavy atom. The van der Waals surface area contributed by atoms with Crippen LogP contribution in [0.15, 0.2) is 24.3 Å². The van der Waals surface area contributed by atoms with E-state index in [-0.39, 0.29) is 17.6 Å². The van der Waals surface area contributed by atoms with Crippen LogP contribution >= 0.6 is 11.8 Å². The molecule has 3 N–H and O–H groups in total. The number of hydrogen-bond acceptors (Lipinski definition) is 3. The first-order valence-electron chi connectivity index (χ1n) is 8.21. The molecule has 0 bridgehead atoms. The Labute approximate surface area is 146 Å². The molecule has 2 rings (SSSR count). The summed E-state index contributed by atoms with van der Waals surface area (Å²) in [5.41, 5.74) is 5.98. The summed E-state index contributed by atoms with van der Waals surface area (Å²) in [6, 6.07) is 6.31. The first kappa shape index (κ1) is 18.6. The highest BCUT2D eigenvalue weighted by molar-refractivity contribution is 7.98. The van der Waals surface area contributed by atoms with Gasteiger partial charge in [0.05, 0.1) is 5.92 Å². The molecule has 132 valence electrons. The molecule has 0 aliphatic carbocycles. The summed E-state index contributed by atoms with van der Waals surface area (Å²) >= 11 is 1.65. The van der Waals surface area contributed by atoms with Gasteiger partial charge in [0.25, 0.3) is 0 Å². The predicted molar refractivity (Wildman–Crippen MR) is 94.1 cm³/mol. The van der Waals surface area contributed by atoms with Crippen LogP contribution in [0.5, 0.6) is 0 Å². The van der Waals surface area contributed by atoms with Gasteiger partial charge in [-0.1, -0.05) is 18.2 Å². The van der Waals surface area contributed by atoms with Crippen molar-refractivity contribution in [1.82, 2.24) is 10.2 Å². The molecule has 0 radical (unpaired) electrons. The van der Waals surface area contributed by atoms with Gasteiger partial charge in [0, 0.05) is 25.4 Å². The zero-order valence-electron chi connectivity index (χ0n) is 13.7. The van der Waals surface area contributed by atoms with Crippen molar-refractivity contribution in [3.8, 4) is 0 Å². The first-order valence-corrected chi connectivity index (χ1v) is 9.36. The second kappa shape index (κ2) is 9.52. The number of nitrogens with zero attached hydrogens (tertiary/aromatic N) is 1. The minimum Gasteiger partial charge on any atom is -0.356 e. The molecule has 0 aromatic heterocycles. The van der Waals surface area contributed by atoms with Gasteiger partial charge in [-0.3, -0.25) is 4.79 Å². The summed E-state index contributed by atoms with van der Waals surface area (Å²) in [5, 5.41) is 2.92. The molecule has 0 saturated carbocycles. The van der Waals surface area contributed by atoms with E-state index in [4.69, 9.17) is 5.73 Å². The van der Waals surface area contributed by atoms with Gasteiger partial charge in [-0.25, -0.2) is 9.18 Å². The highest BCUT2D eigenvalue weighted by Gasteiger charge is 2.26. The summed E-state index contributed by atoms with van der Waals surface area (Å²) < 4.78 is 13.5. The number of piperidine rings is 1. The summed E-state index contributed by atoms with van der Waals surface area (Å²) in [4.78, 5) is 24.8. The SMILES string of the molecule is NC(=O)N1CCCC(C(=O)NCCCSCc2ccccc2F)C1. The highest BCUT2D eigenvalue weighted by Crippen LogP contribution is 2.17. The van der Waals surface area contributed by atoms with Crippen molar-refractivity contribution in [2.45, 2.75) is 25.0 Å². The topological polar surface area (TPSA) is 75.4 Å². The Hall–Kier alpha value is -1.76. The van der Waals surface area contributed by atoms with Crippen LogP contribution < -0.4 is 11.1 Å². The smallest absolute Gasteiger partial charge is 0.314 e. The number of carbonyl (C=O) groups is 2. The summed E-state index contributed by atoms with van der Waals surface area (Å²) in [6.07, 6.45) is 2.42. The molecule has 1 unspecified atom stereocenters. The molecule has 0 spiro atoms. The second-order valence-electron chi connectivity index (χ2n) is 5.91. The maximum Gasteiger partial charge on any atom is 0.314 e. The molecule has 5 nitrogen and oxygen atoms in total. The lowest BCUT2D eigenvalue weighted by Crippen LogP contribution is -2.47. The van der Waals surface area contributed by atoms with Gasteiger partial charge in [0.15, 0.2) is 0 Å². The molecule has 1 aliphatic rings. The molecular formula is C17H24FN3O2S. The van der Waals surface area contributed by atoms with Crippen molar-refractivity contribution >= 4 is 23.7 Å². The largest absolute Gasteiger partial charge is 0.356 e. The fraction of sp³-hybridized carbons (Fsp3) is 0.529. The molecule has 24 heavy (non-hydrogen) atoms. The lowest BCUT2D eigenvalue weighted by molar-refractivity contribution is -0.126. The number of nitrogens with two attached hydrogens (primary N) is 1. The van der Waals surface area contributed by atoms with Gasteiger partial charge in [-0.2, -0.15) is 11.8 Å². The van der Waals surface area contributed by atoms with E-state index in [2.05, 4.69) is 5.32 Å². The van der Waals surface area contributed by atoms with Crippen LogP contribution in [0, 0.1) is 11.7 Å². The fourth-order valence-corrected chi connectivity index (χ4v) is 3.67. The second-order valence-corrected chi connectivity index (χ2v) is 7.02. The Morgan fingerprint density at radius 3 is 2.92 bits per heavy atom. The zero-order chi connectivity index (χ0) is 17.4. The number of urea groups is 1. The number of rotatable bonds is 7. The van der Waals surface area contributed by atoms with E-state index in [1.165, 1.54) is 11.0 Å². The van der Waals surface area contributed by atoms with Crippen LogP contribution in [-0.2, 0) is 10.5 Å². The maximum atomic E-state index is 13.5. The zero-order valence-corrected chi connectivity index (χ0v) is 14.5. The Bertz CT molecular complexity index is 571. The summed E-state index contributed by atoms with van der Waals surface area (Å²) in [6.45, 7) is 1.63. The lowest BCUT2D eigenvalue weighted by Gasteiger charge is -2.30. The molecule has 1 fully saturated rings. The summed E-state index contributed by atoms with van der Waals surface area (Å²) in [5.74, 6) is 1.13. The molecule has 3 amide bonds. The van der Waals surface area contributed by atoms with Crippen LogP contribution in [0.25, 0.3) is 0 Å². The number of hydrogen-bond donors (Lipinski definition) is 2. The number of benzene rings is 1. The Morgan fingerprint density at radius 1 is 1.38 bits per heavy atom. The van der Waals surface area contributed by atoms with Gasteiger partial charge >= 0.3 is 6.03 Å².